The Hall–Kier alpha value is -0.950. The summed E-state index contributed by atoms with van der Waals surface area (Å²) in [5.41, 5.74) is -0.436. The van der Waals surface area contributed by atoms with E-state index < -0.39 is 15.3 Å². The largest absolute Gasteiger partial charge is 0.279 e. The Morgan fingerprint density at radius 1 is 1.09 bits per heavy atom. The molecule has 23 heavy (non-hydrogen) atoms. The molecule has 4 aliphatic rings. The normalized spacial score (nSPS) is 32.6. The van der Waals surface area contributed by atoms with E-state index in [1.165, 1.54) is 4.90 Å². The Morgan fingerprint density at radius 3 is 2.35 bits per heavy atom. The molecular weight excluding hydrogens is 316 g/mol. The third-order valence-corrected chi connectivity index (χ3v) is 7.80. The molecule has 0 N–H and O–H groups in total. The molecule has 2 saturated carbocycles. The molecule has 1 spiro atoms. The molecule has 0 radical (unpaired) electrons. The van der Waals surface area contributed by atoms with Gasteiger partial charge < -0.3 is 0 Å². The first-order valence-electron chi connectivity index (χ1n) is 8.71. The van der Waals surface area contributed by atoms with Gasteiger partial charge in [0.1, 0.15) is 0 Å². The smallest absolute Gasteiger partial charge is 0.237 e. The van der Waals surface area contributed by atoms with Crippen LogP contribution in [0.25, 0.3) is 0 Å². The number of rotatable bonds is 4. The Kier molecular flexibility index (Phi) is 3.57. The van der Waals surface area contributed by atoms with Crippen molar-refractivity contribution >= 4 is 21.7 Å². The first-order valence-corrected chi connectivity index (χ1v) is 10.5. The van der Waals surface area contributed by atoms with Crippen LogP contribution >= 0.6 is 0 Å². The molecule has 4 rings (SSSR count). The quantitative estimate of drug-likeness (QED) is 0.711. The van der Waals surface area contributed by atoms with Crippen LogP contribution in [0.2, 0.25) is 0 Å². The van der Waals surface area contributed by atoms with Gasteiger partial charge in [-0.25, -0.2) is 8.42 Å². The summed E-state index contributed by atoms with van der Waals surface area (Å²) in [6, 6.07) is 0.308. The molecule has 2 aliphatic heterocycles. The maximum Gasteiger partial charge on any atom is 0.237 e. The standard InChI is InChI=1S/C16H24N2O4S/c19-14-9-16(6-1-2-7-16)15(20)18(14)11-17(12-3-4-12)13-5-8-23(21,22)10-13/h12-13H,1-11H2/t13-/m1/s1. The summed E-state index contributed by atoms with van der Waals surface area (Å²) in [6.07, 6.45) is 6.77. The average Bonchev–Trinajstić information content (AvgIpc) is 3.04. The maximum atomic E-state index is 12.8. The highest BCUT2D eigenvalue weighted by Crippen LogP contribution is 2.47. The van der Waals surface area contributed by atoms with Crippen molar-refractivity contribution in [2.24, 2.45) is 5.41 Å². The minimum atomic E-state index is -2.96. The van der Waals surface area contributed by atoms with Crippen molar-refractivity contribution in [1.82, 2.24) is 9.80 Å². The number of hydrogen-bond donors (Lipinski definition) is 0. The van der Waals surface area contributed by atoms with Gasteiger partial charge in [0, 0.05) is 18.5 Å². The van der Waals surface area contributed by atoms with Crippen LogP contribution in [0.1, 0.15) is 51.4 Å². The van der Waals surface area contributed by atoms with Gasteiger partial charge in [-0.1, -0.05) is 12.8 Å². The topological polar surface area (TPSA) is 74.8 Å². The van der Waals surface area contributed by atoms with Crippen molar-refractivity contribution in [1.29, 1.82) is 0 Å². The van der Waals surface area contributed by atoms with Gasteiger partial charge in [0.25, 0.3) is 0 Å². The molecule has 0 unspecified atom stereocenters. The van der Waals surface area contributed by atoms with Gasteiger partial charge in [0.05, 0.1) is 23.6 Å². The van der Waals surface area contributed by atoms with Gasteiger partial charge in [-0.15, -0.1) is 0 Å². The monoisotopic (exact) mass is 340 g/mol. The Morgan fingerprint density at radius 2 is 1.78 bits per heavy atom. The molecule has 6 nitrogen and oxygen atoms in total. The Bertz CT molecular complexity index is 634. The highest BCUT2D eigenvalue weighted by Gasteiger charge is 2.53. The first kappa shape index (κ1) is 15.6. The van der Waals surface area contributed by atoms with Gasteiger partial charge in [0.2, 0.25) is 11.8 Å². The van der Waals surface area contributed by atoms with E-state index in [-0.39, 0.29) is 29.4 Å². The molecule has 0 aromatic carbocycles. The Balaban J connectivity index is 1.51. The molecule has 4 fully saturated rings. The number of carbonyl (C=O) groups excluding carboxylic acids is 2. The first-order chi connectivity index (χ1) is 10.9. The molecule has 0 aromatic heterocycles. The van der Waals surface area contributed by atoms with Gasteiger partial charge in [-0.2, -0.15) is 0 Å². The predicted molar refractivity (Wildman–Crippen MR) is 84.2 cm³/mol. The summed E-state index contributed by atoms with van der Waals surface area (Å²) in [7, 11) is -2.96. The predicted octanol–water partition coefficient (Wildman–Crippen LogP) is 0.915. The van der Waals surface area contributed by atoms with E-state index >= 15 is 0 Å². The lowest BCUT2D eigenvalue weighted by molar-refractivity contribution is -0.144. The summed E-state index contributed by atoms with van der Waals surface area (Å²) in [4.78, 5) is 28.8. The van der Waals surface area contributed by atoms with Crippen LogP contribution in [-0.4, -0.2) is 60.3 Å². The highest BCUT2D eigenvalue weighted by atomic mass is 32.2. The minimum absolute atomic E-state index is 0.00787. The van der Waals surface area contributed by atoms with E-state index in [9.17, 15) is 18.0 Å². The van der Waals surface area contributed by atoms with E-state index in [2.05, 4.69) is 4.90 Å². The third-order valence-electron chi connectivity index (χ3n) is 6.05. The number of nitrogens with zero attached hydrogens (tertiary/aromatic N) is 2. The maximum absolute atomic E-state index is 12.8. The van der Waals surface area contributed by atoms with Gasteiger partial charge >= 0.3 is 0 Å². The van der Waals surface area contributed by atoms with Crippen molar-refractivity contribution < 1.29 is 18.0 Å². The number of likely N-dealkylation sites (tertiary alicyclic amines) is 1. The fourth-order valence-corrected chi connectivity index (χ4v) is 6.32. The van der Waals surface area contributed by atoms with Crippen LogP contribution in [0.3, 0.4) is 0 Å². The van der Waals surface area contributed by atoms with Crippen molar-refractivity contribution in [3.8, 4) is 0 Å². The lowest BCUT2D eigenvalue weighted by Crippen LogP contribution is -2.48. The van der Waals surface area contributed by atoms with Crippen LogP contribution in [-0.2, 0) is 19.4 Å². The molecule has 0 aromatic rings. The van der Waals surface area contributed by atoms with E-state index in [0.717, 1.165) is 38.5 Å². The van der Waals surface area contributed by atoms with E-state index in [0.29, 0.717) is 25.6 Å². The molecule has 2 heterocycles. The lowest BCUT2D eigenvalue weighted by Gasteiger charge is -2.32. The fourth-order valence-electron chi connectivity index (χ4n) is 4.58. The molecular formula is C16H24N2O4S. The molecule has 2 aliphatic carbocycles. The van der Waals surface area contributed by atoms with Gasteiger partial charge in [-0.3, -0.25) is 19.4 Å². The molecule has 128 valence electrons. The minimum Gasteiger partial charge on any atom is -0.279 e. The van der Waals surface area contributed by atoms with Crippen LogP contribution in [0.15, 0.2) is 0 Å². The average molecular weight is 340 g/mol. The van der Waals surface area contributed by atoms with Crippen molar-refractivity contribution in [2.75, 3.05) is 18.2 Å². The van der Waals surface area contributed by atoms with Crippen LogP contribution in [0, 0.1) is 5.41 Å². The highest BCUT2D eigenvalue weighted by molar-refractivity contribution is 7.91. The number of hydrogen-bond acceptors (Lipinski definition) is 5. The summed E-state index contributed by atoms with van der Waals surface area (Å²) >= 11 is 0. The van der Waals surface area contributed by atoms with Gasteiger partial charge in [0.15, 0.2) is 9.84 Å². The lowest BCUT2D eigenvalue weighted by atomic mass is 9.85. The summed E-state index contributed by atoms with van der Waals surface area (Å²) in [5.74, 6) is 0.326. The number of imide groups is 1. The molecule has 2 amide bonds. The summed E-state index contributed by atoms with van der Waals surface area (Å²) in [6.45, 7) is 0.296. The molecule has 7 heteroatoms. The molecule has 1 atom stereocenters. The zero-order valence-electron chi connectivity index (χ0n) is 13.4. The third kappa shape index (κ3) is 2.71. The number of sulfone groups is 1. The van der Waals surface area contributed by atoms with Crippen molar-refractivity contribution in [3.63, 3.8) is 0 Å². The fraction of sp³-hybridized carbons (Fsp3) is 0.875. The zero-order valence-corrected chi connectivity index (χ0v) is 14.2. The zero-order chi connectivity index (χ0) is 16.2. The molecule has 2 saturated heterocycles. The SMILES string of the molecule is O=C1CC2(CCCC2)C(=O)N1CN(C1CC1)[C@@H]1CCS(=O)(=O)C1. The second-order valence-corrected chi connectivity index (χ2v) is 9.96. The van der Waals surface area contributed by atoms with Crippen molar-refractivity contribution in [3.05, 3.63) is 0 Å². The van der Waals surface area contributed by atoms with E-state index in [4.69, 9.17) is 0 Å². The second kappa shape index (κ2) is 5.28. The summed E-state index contributed by atoms with van der Waals surface area (Å²) in [5, 5.41) is 0. The van der Waals surface area contributed by atoms with Crippen LogP contribution in [0.5, 0.6) is 0 Å². The summed E-state index contributed by atoms with van der Waals surface area (Å²) < 4.78 is 23.6. The number of amides is 2. The van der Waals surface area contributed by atoms with Gasteiger partial charge in [-0.05, 0) is 32.1 Å². The number of carbonyl (C=O) groups is 2. The van der Waals surface area contributed by atoms with Crippen molar-refractivity contribution in [2.45, 2.75) is 63.5 Å². The van der Waals surface area contributed by atoms with E-state index in [1.54, 1.807) is 0 Å². The molecule has 0 bridgehead atoms. The van der Waals surface area contributed by atoms with Crippen LogP contribution in [0.4, 0.5) is 0 Å². The second-order valence-electron chi connectivity index (χ2n) is 7.73. The van der Waals surface area contributed by atoms with E-state index in [1.807, 2.05) is 0 Å². The Labute approximate surface area is 137 Å². The van der Waals surface area contributed by atoms with Crippen LogP contribution < -0.4 is 0 Å².